The quantitative estimate of drug-likeness (QED) is 0.846. The Kier molecular flexibility index (Phi) is 2.91. The molecule has 3 nitrogen and oxygen atoms in total. The van der Waals surface area contributed by atoms with Gasteiger partial charge in [-0.25, -0.2) is 0 Å². The van der Waals surface area contributed by atoms with Crippen LogP contribution in [0.5, 0.6) is 0 Å². The van der Waals surface area contributed by atoms with E-state index in [0.717, 1.165) is 29.3 Å². The standard InChI is InChI=1S/C14H17N3/c1-3-14(16,4-2)12-9-17-13-6-5-10(8-15)7-11(12)13/h5-7,9,17H,3-4,16H2,1-2H3. The van der Waals surface area contributed by atoms with Crippen LogP contribution in [0.1, 0.15) is 37.8 Å². The third kappa shape index (κ3) is 1.81. The lowest BCUT2D eigenvalue weighted by Gasteiger charge is -2.26. The van der Waals surface area contributed by atoms with E-state index < -0.39 is 0 Å². The molecule has 1 aromatic heterocycles. The van der Waals surface area contributed by atoms with Crippen molar-refractivity contribution in [2.45, 2.75) is 32.2 Å². The Morgan fingerprint density at radius 3 is 2.65 bits per heavy atom. The second-order valence-corrected chi connectivity index (χ2v) is 4.44. The lowest BCUT2D eigenvalue weighted by molar-refractivity contribution is 0.416. The Balaban J connectivity index is 2.66. The van der Waals surface area contributed by atoms with Crippen molar-refractivity contribution in [3.63, 3.8) is 0 Å². The van der Waals surface area contributed by atoms with E-state index in [9.17, 15) is 0 Å². The van der Waals surface area contributed by atoms with Crippen molar-refractivity contribution in [1.82, 2.24) is 4.98 Å². The van der Waals surface area contributed by atoms with Gasteiger partial charge in [0.25, 0.3) is 0 Å². The van der Waals surface area contributed by atoms with Crippen molar-refractivity contribution in [1.29, 1.82) is 5.26 Å². The van der Waals surface area contributed by atoms with Crippen LogP contribution in [0.3, 0.4) is 0 Å². The van der Waals surface area contributed by atoms with Gasteiger partial charge >= 0.3 is 0 Å². The summed E-state index contributed by atoms with van der Waals surface area (Å²) < 4.78 is 0. The first-order valence-corrected chi connectivity index (χ1v) is 5.95. The van der Waals surface area contributed by atoms with E-state index >= 15 is 0 Å². The summed E-state index contributed by atoms with van der Waals surface area (Å²) in [5, 5.41) is 10.0. The van der Waals surface area contributed by atoms with Crippen molar-refractivity contribution in [3.8, 4) is 6.07 Å². The maximum atomic E-state index is 8.95. The van der Waals surface area contributed by atoms with E-state index in [1.54, 1.807) is 0 Å². The average molecular weight is 227 g/mol. The molecule has 1 aromatic carbocycles. The van der Waals surface area contributed by atoms with Gasteiger partial charge in [0.15, 0.2) is 0 Å². The van der Waals surface area contributed by atoms with Crippen LogP contribution in [0, 0.1) is 11.3 Å². The fraction of sp³-hybridized carbons (Fsp3) is 0.357. The Bertz CT molecular complexity index is 571. The topological polar surface area (TPSA) is 65.6 Å². The van der Waals surface area contributed by atoms with Crippen LogP contribution in [0.2, 0.25) is 0 Å². The maximum absolute atomic E-state index is 8.95. The van der Waals surface area contributed by atoms with Crippen LogP contribution in [0.4, 0.5) is 0 Å². The van der Waals surface area contributed by atoms with E-state index in [-0.39, 0.29) is 5.54 Å². The molecule has 0 radical (unpaired) electrons. The summed E-state index contributed by atoms with van der Waals surface area (Å²) in [6, 6.07) is 7.83. The molecule has 2 rings (SSSR count). The molecule has 0 atom stereocenters. The largest absolute Gasteiger partial charge is 0.361 e. The molecule has 0 aliphatic heterocycles. The summed E-state index contributed by atoms with van der Waals surface area (Å²) >= 11 is 0. The highest BCUT2D eigenvalue weighted by Gasteiger charge is 2.25. The zero-order valence-electron chi connectivity index (χ0n) is 10.2. The monoisotopic (exact) mass is 227 g/mol. The lowest BCUT2D eigenvalue weighted by Crippen LogP contribution is -2.34. The predicted octanol–water partition coefficient (Wildman–Crippen LogP) is 3.01. The predicted molar refractivity (Wildman–Crippen MR) is 69.5 cm³/mol. The number of hydrogen-bond donors (Lipinski definition) is 2. The van der Waals surface area contributed by atoms with Crippen LogP contribution >= 0.6 is 0 Å². The summed E-state index contributed by atoms with van der Waals surface area (Å²) in [5.74, 6) is 0. The summed E-state index contributed by atoms with van der Waals surface area (Å²) in [6.07, 6.45) is 3.74. The number of aromatic amines is 1. The van der Waals surface area contributed by atoms with Gasteiger partial charge in [-0.05, 0) is 36.6 Å². The number of rotatable bonds is 3. The molecule has 0 aliphatic rings. The van der Waals surface area contributed by atoms with Crippen LogP contribution in [0.15, 0.2) is 24.4 Å². The SMILES string of the molecule is CCC(N)(CC)c1c[nH]c2ccc(C#N)cc12. The summed E-state index contributed by atoms with van der Waals surface area (Å²) in [7, 11) is 0. The summed E-state index contributed by atoms with van der Waals surface area (Å²) in [6.45, 7) is 4.19. The Hall–Kier alpha value is -1.79. The molecule has 3 N–H and O–H groups in total. The Morgan fingerprint density at radius 2 is 2.06 bits per heavy atom. The van der Waals surface area contributed by atoms with Crippen LogP contribution in [-0.4, -0.2) is 4.98 Å². The molecular formula is C14H17N3. The van der Waals surface area contributed by atoms with Crippen LogP contribution in [-0.2, 0) is 5.54 Å². The summed E-state index contributed by atoms with van der Waals surface area (Å²) in [4.78, 5) is 3.22. The highest BCUT2D eigenvalue weighted by molar-refractivity contribution is 5.85. The number of nitrogens with two attached hydrogens (primary N) is 1. The molecule has 0 aliphatic carbocycles. The fourth-order valence-corrected chi connectivity index (χ4v) is 2.23. The van der Waals surface area contributed by atoms with Gasteiger partial charge in [0, 0.05) is 22.6 Å². The molecule has 88 valence electrons. The van der Waals surface area contributed by atoms with E-state index in [2.05, 4.69) is 24.9 Å². The number of nitriles is 1. The molecule has 0 amide bonds. The van der Waals surface area contributed by atoms with Gasteiger partial charge in [0.2, 0.25) is 0 Å². The minimum Gasteiger partial charge on any atom is -0.361 e. The maximum Gasteiger partial charge on any atom is 0.0991 e. The van der Waals surface area contributed by atoms with E-state index in [1.165, 1.54) is 0 Å². The molecule has 0 saturated heterocycles. The zero-order chi connectivity index (χ0) is 12.5. The number of aromatic nitrogens is 1. The lowest BCUT2D eigenvalue weighted by atomic mass is 9.85. The molecule has 3 heteroatoms. The molecule has 0 spiro atoms. The smallest absolute Gasteiger partial charge is 0.0991 e. The second-order valence-electron chi connectivity index (χ2n) is 4.44. The summed E-state index contributed by atoms with van der Waals surface area (Å²) in [5.41, 5.74) is 8.92. The second kappa shape index (κ2) is 4.23. The van der Waals surface area contributed by atoms with Gasteiger partial charge in [0.1, 0.15) is 0 Å². The van der Waals surface area contributed by atoms with Gasteiger partial charge in [-0.3, -0.25) is 0 Å². The molecule has 0 fully saturated rings. The number of nitrogens with zero attached hydrogens (tertiary/aromatic N) is 1. The van der Waals surface area contributed by atoms with Crippen molar-refractivity contribution in [3.05, 3.63) is 35.5 Å². The first-order chi connectivity index (χ1) is 8.14. The van der Waals surface area contributed by atoms with Gasteiger partial charge in [-0.1, -0.05) is 13.8 Å². The van der Waals surface area contributed by atoms with E-state index in [4.69, 9.17) is 11.0 Å². The number of hydrogen-bond acceptors (Lipinski definition) is 2. The Labute approximate surface area is 101 Å². The molecule has 0 unspecified atom stereocenters. The third-order valence-electron chi connectivity index (χ3n) is 3.61. The third-order valence-corrected chi connectivity index (χ3v) is 3.61. The van der Waals surface area contributed by atoms with Crippen molar-refractivity contribution in [2.75, 3.05) is 0 Å². The number of fused-ring (bicyclic) bond motifs is 1. The molecule has 0 bridgehead atoms. The molecule has 17 heavy (non-hydrogen) atoms. The van der Waals surface area contributed by atoms with Gasteiger partial charge in [-0.15, -0.1) is 0 Å². The van der Waals surface area contributed by atoms with Crippen molar-refractivity contribution >= 4 is 10.9 Å². The first kappa shape index (κ1) is 11.7. The number of H-pyrrole nitrogens is 1. The molecule has 1 heterocycles. The van der Waals surface area contributed by atoms with Crippen LogP contribution in [0.25, 0.3) is 10.9 Å². The van der Waals surface area contributed by atoms with E-state index in [0.29, 0.717) is 5.56 Å². The van der Waals surface area contributed by atoms with Gasteiger partial charge < -0.3 is 10.7 Å². The van der Waals surface area contributed by atoms with Crippen LogP contribution < -0.4 is 5.73 Å². The van der Waals surface area contributed by atoms with E-state index in [1.807, 2.05) is 24.4 Å². The molecule has 0 saturated carbocycles. The minimum absolute atomic E-state index is 0.313. The fourth-order valence-electron chi connectivity index (χ4n) is 2.23. The van der Waals surface area contributed by atoms with Gasteiger partial charge in [0.05, 0.1) is 11.6 Å². The first-order valence-electron chi connectivity index (χ1n) is 5.95. The minimum atomic E-state index is -0.313. The van der Waals surface area contributed by atoms with Crippen molar-refractivity contribution < 1.29 is 0 Å². The Morgan fingerprint density at radius 1 is 1.35 bits per heavy atom. The normalized spacial score (nSPS) is 11.6. The number of nitrogens with one attached hydrogen (secondary N) is 1. The molecule has 2 aromatic rings. The highest BCUT2D eigenvalue weighted by Crippen LogP contribution is 2.32. The molecular weight excluding hydrogens is 210 g/mol. The van der Waals surface area contributed by atoms with Crippen molar-refractivity contribution in [2.24, 2.45) is 5.73 Å². The number of benzene rings is 1. The highest BCUT2D eigenvalue weighted by atomic mass is 14.8. The van der Waals surface area contributed by atoms with Gasteiger partial charge in [-0.2, -0.15) is 5.26 Å². The zero-order valence-corrected chi connectivity index (χ0v) is 10.2. The average Bonchev–Trinajstić information content (AvgIpc) is 2.81.